The van der Waals surface area contributed by atoms with Crippen molar-refractivity contribution in [3.63, 3.8) is 0 Å². The fourth-order valence-corrected chi connectivity index (χ4v) is 1.91. The molecule has 0 fully saturated rings. The van der Waals surface area contributed by atoms with Crippen molar-refractivity contribution in [3.8, 4) is 0 Å². The van der Waals surface area contributed by atoms with Crippen molar-refractivity contribution in [1.29, 1.82) is 0 Å². The van der Waals surface area contributed by atoms with Gasteiger partial charge in [0.2, 0.25) is 0 Å². The van der Waals surface area contributed by atoms with E-state index in [1.807, 2.05) is 26.0 Å². The van der Waals surface area contributed by atoms with Crippen LogP contribution in [0.4, 0.5) is 11.4 Å². The van der Waals surface area contributed by atoms with E-state index in [4.69, 9.17) is 11.6 Å². The van der Waals surface area contributed by atoms with E-state index in [1.165, 1.54) is 0 Å². The molecule has 2 aromatic rings. The summed E-state index contributed by atoms with van der Waals surface area (Å²) in [4.78, 5) is 23.7. The molecule has 2 rings (SSSR count). The van der Waals surface area contributed by atoms with Crippen molar-refractivity contribution in [3.05, 3.63) is 58.6 Å². The van der Waals surface area contributed by atoms with Gasteiger partial charge in [-0.05, 0) is 55.3 Å². The molecule has 21 heavy (non-hydrogen) atoms. The molecule has 0 aromatic heterocycles. The van der Waals surface area contributed by atoms with Crippen LogP contribution in [0.15, 0.2) is 42.5 Å². The van der Waals surface area contributed by atoms with Crippen LogP contribution in [-0.4, -0.2) is 11.8 Å². The molecule has 0 saturated heterocycles. The van der Waals surface area contributed by atoms with Gasteiger partial charge in [-0.3, -0.25) is 9.59 Å². The standard InChI is InChI=1S/C16H15ClN2O2/c1-10-4-3-5-14(11(10)2)19-16(21)15(20)18-13-8-6-12(17)7-9-13/h3-9H,1-2H3,(H,18,20)(H,19,21). The summed E-state index contributed by atoms with van der Waals surface area (Å²) in [6, 6.07) is 12.1. The first-order valence-corrected chi connectivity index (χ1v) is 6.79. The van der Waals surface area contributed by atoms with Crippen LogP contribution in [-0.2, 0) is 9.59 Å². The lowest BCUT2D eigenvalue weighted by Gasteiger charge is -2.10. The molecule has 0 aliphatic heterocycles. The quantitative estimate of drug-likeness (QED) is 0.834. The van der Waals surface area contributed by atoms with Gasteiger partial charge in [-0.1, -0.05) is 23.7 Å². The third-order valence-corrected chi connectivity index (χ3v) is 3.41. The second-order valence-electron chi connectivity index (χ2n) is 4.66. The first-order valence-electron chi connectivity index (χ1n) is 6.41. The fourth-order valence-electron chi connectivity index (χ4n) is 1.79. The maximum atomic E-state index is 11.9. The monoisotopic (exact) mass is 302 g/mol. The van der Waals surface area contributed by atoms with E-state index in [1.54, 1.807) is 30.3 Å². The lowest BCUT2D eigenvalue weighted by Crippen LogP contribution is -2.29. The number of rotatable bonds is 2. The molecule has 0 aliphatic carbocycles. The highest BCUT2D eigenvalue weighted by atomic mass is 35.5. The molecule has 2 N–H and O–H groups in total. The molecule has 0 saturated carbocycles. The van der Waals surface area contributed by atoms with Crippen LogP contribution in [0.1, 0.15) is 11.1 Å². The highest BCUT2D eigenvalue weighted by Crippen LogP contribution is 2.18. The summed E-state index contributed by atoms with van der Waals surface area (Å²) in [5, 5.41) is 5.68. The lowest BCUT2D eigenvalue weighted by molar-refractivity contribution is -0.133. The Morgan fingerprint density at radius 3 is 2.19 bits per heavy atom. The van der Waals surface area contributed by atoms with Gasteiger partial charge in [-0.15, -0.1) is 0 Å². The number of benzene rings is 2. The zero-order valence-electron chi connectivity index (χ0n) is 11.7. The van der Waals surface area contributed by atoms with Crippen LogP contribution in [0.3, 0.4) is 0 Å². The average molecular weight is 303 g/mol. The second-order valence-corrected chi connectivity index (χ2v) is 5.10. The van der Waals surface area contributed by atoms with E-state index in [9.17, 15) is 9.59 Å². The number of hydrogen-bond acceptors (Lipinski definition) is 2. The molecule has 0 radical (unpaired) electrons. The molecule has 0 bridgehead atoms. The molecule has 4 nitrogen and oxygen atoms in total. The summed E-state index contributed by atoms with van der Waals surface area (Å²) in [5.74, 6) is -1.43. The fraction of sp³-hybridized carbons (Fsp3) is 0.125. The second kappa shape index (κ2) is 6.41. The number of anilines is 2. The summed E-state index contributed by atoms with van der Waals surface area (Å²) in [5.41, 5.74) is 3.13. The highest BCUT2D eigenvalue weighted by Gasteiger charge is 2.15. The van der Waals surface area contributed by atoms with Crippen LogP contribution < -0.4 is 10.6 Å². The lowest BCUT2D eigenvalue weighted by atomic mass is 10.1. The van der Waals surface area contributed by atoms with Crippen molar-refractivity contribution in [2.45, 2.75) is 13.8 Å². The number of carbonyl (C=O) groups excluding carboxylic acids is 2. The number of halogens is 1. The molecule has 2 amide bonds. The van der Waals surface area contributed by atoms with Gasteiger partial charge in [-0.25, -0.2) is 0 Å². The zero-order valence-corrected chi connectivity index (χ0v) is 12.5. The largest absolute Gasteiger partial charge is 0.318 e. The van der Waals surface area contributed by atoms with E-state index in [2.05, 4.69) is 10.6 Å². The Hall–Kier alpha value is -2.33. The normalized spacial score (nSPS) is 10.0. The van der Waals surface area contributed by atoms with Gasteiger partial charge >= 0.3 is 11.8 Å². The number of hydrogen-bond donors (Lipinski definition) is 2. The predicted octanol–water partition coefficient (Wildman–Crippen LogP) is 3.53. The number of carbonyl (C=O) groups is 2. The first-order chi connectivity index (χ1) is 9.97. The third kappa shape index (κ3) is 3.83. The minimum atomic E-state index is -0.724. The first kappa shape index (κ1) is 15.1. The Labute approximate surface area is 128 Å². The minimum absolute atomic E-state index is 0.514. The van der Waals surface area contributed by atoms with Crippen molar-refractivity contribution in [2.24, 2.45) is 0 Å². The summed E-state index contributed by atoms with van der Waals surface area (Å²) in [7, 11) is 0. The van der Waals surface area contributed by atoms with E-state index >= 15 is 0 Å². The average Bonchev–Trinajstić information content (AvgIpc) is 2.46. The zero-order chi connectivity index (χ0) is 15.4. The molecule has 108 valence electrons. The van der Waals surface area contributed by atoms with Crippen LogP contribution in [0.5, 0.6) is 0 Å². The van der Waals surface area contributed by atoms with Crippen LogP contribution >= 0.6 is 11.6 Å². The SMILES string of the molecule is Cc1cccc(NC(=O)C(=O)Nc2ccc(Cl)cc2)c1C. The molecule has 2 aromatic carbocycles. The van der Waals surface area contributed by atoms with Crippen molar-refractivity contribution in [2.75, 3.05) is 10.6 Å². The summed E-state index contributed by atoms with van der Waals surface area (Å²) in [6.07, 6.45) is 0. The van der Waals surface area contributed by atoms with Gasteiger partial charge in [0.05, 0.1) is 0 Å². The summed E-state index contributed by atoms with van der Waals surface area (Å²) >= 11 is 5.76. The molecule has 0 unspecified atom stereocenters. The van der Waals surface area contributed by atoms with Crippen LogP contribution in [0, 0.1) is 13.8 Å². The van der Waals surface area contributed by atoms with E-state index in [0.717, 1.165) is 11.1 Å². The van der Waals surface area contributed by atoms with Crippen LogP contribution in [0.2, 0.25) is 5.02 Å². The highest BCUT2D eigenvalue weighted by molar-refractivity contribution is 6.43. The summed E-state index contributed by atoms with van der Waals surface area (Å²) < 4.78 is 0. The molecule has 5 heteroatoms. The number of aryl methyl sites for hydroxylation is 1. The van der Waals surface area contributed by atoms with Gasteiger partial charge in [0.15, 0.2) is 0 Å². The number of nitrogens with one attached hydrogen (secondary N) is 2. The number of amides is 2. The predicted molar refractivity (Wildman–Crippen MR) is 84.6 cm³/mol. The van der Waals surface area contributed by atoms with E-state index in [-0.39, 0.29) is 0 Å². The maximum absolute atomic E-state index is 11.9. The van der Waals surface area contributed by atoms with Gasteiger partial charge in [0.1, 0.15) is 0 Å². The third-order valence-electron chi connectivity index (χ3n) is 3.16. The van der Waals surface area contributed by atoms with Crippen molar-refractivity contribution in [1.82, 2.24) is 0 Å². The molecule has 0 atom stereocenters. The smallest absolute Gasteiger partial charge is 0.314 e. The Kier molecular flexibility index (Phi) is 4.60. The van der Waals surface area contributed by atoms with Crippen molar-refractivity contribution >= 4 is 34.8 Å². The van der Waals surface area contributed by atoms with Crippen LogP contribution in [0.25, 0.3) is 0 Å². The van der Waals surface area contributed by atoms with Gasteiger partial charge in [-0.2, -0.15) is 0 Å². The minimum Gasteiger partial charge on any atom is -0.318 e. The van der Waals surface area contributed by atoms with Crippen molar-refractivity contribution < 1.29 is 9.59 Å². The Morgan fingerprint density at radius 1 is 0.905 bits per heavy atom. The Balaban J connectivity index is 2.04. The van der Waals surface area contributed by atoms with E-state index in [0.29, 0.717) is 16.4 Å². The molecule has 0 aliphatic rings. The van der Waals surface area contributed by atoms with Gasteiger partial charge in [0, 0.05) is 16.4 Å². The van der Waals surface area contributed by atoms with E-state index < -0.39 is 11.8 Å². The Morgan fingerprint density at radius 2 is 1.52 bits per heavy atom. The Bertz CT molecular complexity index is 681. The summed E-state index contributed by atoms with van der Waals surface area (Å²) in [6.45, 7) is 3.83. The molecule has 0 heterocycles. The van der Waals surface area contributed by atoms with Gasteiger partial charge in [0.25, 0.3) is 0 Å². The topological polar surface area (TPSA) is 58.2 Å². The van der Waals surface area contributed by atoms with Gasteiger partial charge < -0.3 is 10.6 Å². The molecular formula is C16H15ClN2O2. The maximum Gasteiger partial charge on any atom is 0.314 e. The molecular weight excluding hydrogens is 288 g/mol. The molecule has 0 spiro atoms.